The lowest BCUT2D eigenvalue weighted by atomic mass is 10.2. The molecule has 0 fully saturated rings. The van der Waals surface area contributed by atoms with E-state index in [-0.39, 0.29) is 5.89 Å². The Hall–Kier alpha value is -2.30. The summed E-state index contributed by atoms with van der Waals surface area (Å²) in [6.45, 7) is 0. The molecule has 2 aromatic carbocycles. The molecule has 1 aromatic heterocycles. The van der Waals surface area contributed by atoms with E-state index in [2.05, 4.69) is 10.1 Å². The fourth-order valence-electron chi connectivity index (χ4n) is 1.98. The van der Waals surface area contributed by atoms with Crippen molar-refractivity contribution in [1.82, 2.24) is 10.1 Å². The summed E-state index contributed by atoms with van der Waals surface area (Å²) < 4.78 is 10.3. The smallest absolute Gasteiger partial charge is 0.269 e. The highest BCUT2D eigenvalue weighted by molar-refractivity contribution is 6.50. The van der Waals surface area contributed by atoms with Crippen LogP contribution in [0.3, 0.4) is 0 Å². The average molecular weight is 347 g/mol. The lowest BCUT2D eigenvalue weighted by molar-refractivity contribution is 0.410. The summed E-state index contributed by atoms with van der Waals surface area (Å²) in [4.78, 5) is 4.28. The average Bonchev–Trinajstić information content (AvgIpc) is 3.06. The van der Waals surface area contributed by atoms with Crippen molar-refractivity contribution >= 4 is 34.3 Å². The lowest BCUT2D eigenvalue weighted by Gasteiger charge is -1.99. The van der Waals surface area contributed by atoms with Gasteiger partial charge in [-0.15, -0.1) is 0 Å². The third-order valence-corrected chi connectivity index (χ3v) is 3.75. The maximum atomic E-state index is 6.26. The van der Waals surface area contributed by atoms with Gasteiger partial charge in [-0.3, -0.25) is 0 Å². The van der Waals surface area contributed by atoms with E-state index in [4.69, 9.17) is 32.5 Å². The van der Waals surface area contributed by atoms with Gasteiger partial charge in [0.1, 0.15) is 10.8 Å². The fourth-order valence-corrected chi connectivity index (χ4v) is 2.40. The first-order chi connectivity index (χ1) is 11.2. The van der Waals surface area contributed by atoms with Crippen LogP contribution in [0.1, 0.15) is 11.5 Å². The molecule has 0 spiro atoms. The van der Waals surface area contributed by atoms with Crippen LogP contribution in [-0.4, -0.2) is 17.3 Å². The Morgan fingerprint density at radius 3 is 2.57 bits per heavy atom. The zero-order chi connectivity index (χ0) is 16.2. The molecule has 0 aliphatic rings. The Kier molecular flexibility index (Phi) is 4.65. The molecule has 116 valence electrons. The second-order valence-electron chi connectivity index (χ2n) is 4.67. The molecule has 0 radical (unpaired) electrons. The number of benzene rings is 2. The summed E-state index contributed by atoms with van der Waals surface area (Å²) in [6, 6.07) is 14.7. The Morgan fingerprint density at radius 1 is 1.13 bits per heavy atom. The van der Waals surface area contributed by atoms with Crippen molar-refractivity contribution < 1.29 is 9.26 Å². The topological polar surface area (TPSA) is 48.2 Å². The van der Waals surface area contributed by atoms with Gasteiger partial charge in [0, 0.05) is 5.56 Å². The van der Waals surface area contributed by atoms with E-state index < -0.39 is 0 Å². The first-order valence-corrected chi connectivity index (χ1v) is 7.53. The van der Waals surface area contributed by atoms with Crippen LogP contribution in [0.25, 0.3) is 22.5 Å². The molecule has 0 aliphatic heterocycles. The summed E-state index contributed by atoms with van der Waals surface area (Å²) in [5.74, 6) is 1.40. The SMILES string of the molecule is COc1ccc(/C=C(\Cl)c2nc(-c3ccccc3Cl)no2)cc1. The third kappa shape index (κ3) is 3.55. The van der Waals surface area contributed by atoms with E-state index in [0.717, 1.165) is 11.3 Å². The van der Waals surface area contributed by atoms with Gasteiger partial charge in [0.05, 0.1) is 12.1 Å². The summed E-state index contributed by atoms with van der Waals surface area (Å²) in [5, 5.41) is 4.82. The molecular weight excluding hydrogens is 335 g/mol. The van der Waals surface area contributed by atoms with Gasteiger partial charge in [-0.25, -0.2) is 0 Å². The van der Waals surface area contributed by atoms with Gasteiger partial charge in [0.2, 0.25) is 5.82 Å². The van der Waals surface area contributed by atoms with Gasteiger partial charge < -0.3 is 9.26 Å². The van der Waals surface area contributed by atoms with E-state index in [1.807, 2.05) is 42.5 Å². The highest BCUT2D eigenvalue weighted by Crippen LogP contribution is 2.28. The van der Waals surface area contributed by atoms with Crippen LogP contribution in [0.5, 0.6) is 5.75 Å². The normalized spacial score (nSPS) is 11.5. The van der Waals surface area contributed by atoms with Crippen molar-refractivity contribution in [2.45, 2.75) is 0 Å². The minimum absolute atomic E-state index is 0.234. The predicted molar refractivity (Wildman–Crippen MR) is 91.5 cm³/mol. The molecule has 1 heterocycles. The van der Waals surface area contributed by atoms with Crippen molar-refractivity contribution in [3.05, 3.63) is 65.0 Å². The van der Waals surface area contributed by atoms with E-state index >= 15 is 0 Å². The van der Waals surface area contributed by atoms with Crippen molar-refractivity contribution in [2.75, 3.05) is 7.11 Å². The van der Waals surface area contributed by atoms with Crippen LogP contribution in [0, 0.1) is 0 Å². The van der Waals surface area contributed by atoms with Gasteiger partial charge in [-0.05, 0) is 35.9 Å². The maximum Gasteiger partial charge on any atom is 0.269 e. The van der Waals surface area contributed by atoms with Crippen molar-refractivity contribution in [2.24, 2.45) is 0 Å². The number of aromatic nitrogens is 2. The van der Waals surface area contributed by atoms with E-state index in [9.17, 15) is 0 Å². The largest absolute Gasteiger partial charge is 0.497 e. The van der Waals surface area contributed by atoms with E-state index in [0.29, 0.717) is 21.4 Å². The van der Waals surface area contributed by atoms with Crippen LogP contribution in [0.15, 0.2) is 53.1 Å². The summed E-state index contributed by atoms with van der Waals surface area (Å²) in [7, 11) is 1.62. The van der Waals surface area contributed by atoms with E-state index in [1.54, 1.807) is 19.3 Å². The Bertz CT molecular complexity index is 842. The highest BCUT2D eigenvalue weighted by Gasteiger charge is 2.13. The molecule has 23 heavy (non-hydrogen) atoms. The van der Waals surface area contributed by atoms with Crippen LogP contribution in [0.4, 0.5) is 0 Å². The molecule has 0 N–H and O–H groups in total. The summed E-state index contributed by atoms with van der Waals surface area (Å²) in [5.41, 5.74) is 1.59. The number of hydrogen-bond acceptors (Lipinski definition) is 4. The monoisotopic (exact) mass is 346 g/mol. The molecule has 0 atom stereocenters. The van der Waals surface area contributed by atoms with Gasteiger partial charge in [-0.2, -0.15) is 4.98 Å². The molecule has 0 unspecified atom stereocenters. The minimum Gasteiger partial charge on any atom is -0.497 e. The number of nitrogens with zero attached hydrogens (tertiary/aromatic N) is 2. The zero-order valence-corrected chi connectivity index (χ0v) is 13.7. The maximum absolute atomic E-state index is 6.26. The van der Waals surface area contributed by atoms with Gasteiger partial charge in [0.25, 0.3) is 5.89 Å². The molecule has 0 aliphatic carbocycles. The molecule has 3 aromatic rings. The minimum atomic E-state index is 0.234. The second-order valence-corrected chi connectivity index (χ2v) is 5.48. The van der Waals surface area contributed by atoms with Gasteiger partial charge in [0.15, 0.2) is 0 Å². The van der Waals surface area contributed by atoms with Crippen LogP contribution in [-0.2, 0) is 0 Å². The standard InChI is InChI=1S/C17H12Cl2N2O2/c1-22-12-8-6-11(7-9-12)10-15(19)17-20-16(21-23-17)13-4-2-3-5-14(13)18/h2-10H,1H3/b15-10-. The Balaban J connectivity index is 1.87. The molecule has 0 saturated carbocycles. The molecular formula is C17H12Cl2N2O2. The molecule has 6 heteroatoms. The number of hydrogen-bond donors (Lipinski definition) is 0. The predicted octanol–water partition coefficient (Wildman–Crippen LogP) is 5.14. The van der Waals surface area contributed by atoms with Crippen LogP contribution < -0.4 is 4.74 Å². The van der Waals surface area contributed by atoms with Crippen LogP contribution >= 0.6 is 23.2 Å². The first-order valence-electron chi connectivity index (χ1n) is 6.77. The quantitative estimate of drug-likeness (QED) is 0.656. The molecule has 3 rings (SSSR count). The zero-order valence-electron chi connectivity index (χ0n) is 12.2. The van der Waals surface area contributed by atoms with Crippen molar-refractivity contribution in [1.29, 1.82) is 0 Å². The van der Waals surface area contributed by atoms with Crippen molar-refractivity contribution in [3.8, 4) is 17.1 Å². The highest BCUT2D eigenvalue weighted by atomic mass is 35.5. The number of rotatable bonds is 4. The van der Waals surface area contributed by atoms with Crippen LogP contribution in [0.2, 0.25) is 5.02 Å². The third-order valence-electron chi connectivity index (χ3n) is 3.15. The molecule has 0 amide bonds. The summed E-state index contributed by atoms with van der Waals surface area (Å²) in [6.07, 6.45) is 1.74. The van der Waals surface area contributed by atoms with E-state index in [1.165, 1.54) is 0 Å². The summed E-state index contributed by atoms with van der Waals surface area (Å²) >= 11 is 12.4. The molecule has 4 nitrogen and oxygen atoms in total. The Morgan fingerprint density at radius 2 is 1.87 bits per heavy atom. The number of halogens is 2. The second kappa shape index (κ2) is 6.86. The molecule has 0 bridgehead atoms. The lowest BCUT2D eigenvalue weighted by Crippen LogP contribution is -1.83. The fraction of sp³-hybridized carbons (Fsp3) is 0.0588. The number of methoxy groups -OCH3 is 1. The number of ether oxygens (including phenoxy) is 1. The first kappa shape index (κ1) is 15.6. The Labute approximate surface area is 143 Å². The van der Waals surface area contributed by atoms with Gasteiger partial charge in [-0.1, -0.05) is 52.6 Å². The van der Waals surface area contributed by atoms with Gasteiger partial charge >= 0.3 is 0 Å². The van der Waals surface area contributed by atoms with Crippen molar-refractivity contribution in [3.63, 3.8) is 0 Å². The molecule has 0 saturated heterocycles.